The molecule has 1 fully saturated rings. The van der Waals surface area contributed by atoms with Gasteiger partial charge in [0.25, 0.3) is 0 Å². The Hall–Kier alpha value is -1.65. The van der Waals surface area contributed by atoms with Crippen LogP contribution in [0.2, 0.25) is 0 Å². The summed E-state index contributed by atoms with van der Waals surface area (Å²) >= 11 is 0. The summed E-state index contributed by atoms with van der Waals surface area (Å²) in [6.07, 6.45) is 1.93. The second-order valence-electron chi connectivity index (χ2n) is 4.80. The van der Waals surface area contributed by atoms with Crippen molar-refractivity contribution in [2.24, 2.45) is 0 Å². The lowest BCUT2D eigenvalue weighted by atomic mass is 10.3. The van der Waals surface area contributed by atoms with Crippen LogP contribution in [-0.4, -0.2) is 40.8 Å². The summed E-state index contributed by atoms with van der Waals surface area (Å²) in [7, 11) is 0. The number of ether oxygens (including phenoxy) is 1. The Morgan fingerprint density at radius 3 is 2.84 bits per heavy atom. The van der Waals surface area contributed by atoms with Crippen molar-refractivity contribution < 1.29 is 4.74 Å². The van der Waals surface area contributed by atoms with Crippen molar-refractivity contribution >= 4 is 11.0 Å². The number of rotatable bonds is 4. The molecule has 0 amide bonds. The molecule has 1 aliphatic heterocycles. The van der Waals surface area contributed by atoms with Crippen LogP contribution in [-0.2, 0) is 17.8 Å². The summed E-state index contributed by atoms with van der Waals surface area (Å²) in [5.74, 6) is 1.11. The maximum absolute atomic E-state index is 5.39. The molecule has 4 heteroatoms. The van der Waals surface area contributed by atoms with E-state index < -0.39 is 0 Å². The van der Waals surface area contributed by atoms with Crippen molar-refractivity contribution in [3.8, 4) is 0 Å². The first kappa shape index (κ1) is 12.4. The molecule has 0 aliphatic carbocycles. The topological polar surface area (TPSA) is 30.3 Å². The highest BCUT2D eigenvalue weighted by Crippen LogP contribution is 2.17. The zero-order valence-corrected chi connectivity index (χ0v) is 11.1. The molecule has 1 aliphatic rings. The molecule has 4 nitrogen and oxygen atoms in total. The SMILES string of the molecule is C=CCn1c(CN2CCOCC2)nc2ccccc21. The molecule has 1 aromatic heterocycles. The lowest BCUT2D eigenvalue weighted by Crippen LogP contribution is -2.36. The molecule has 0 unspecified atom stereocenters. The summed E-state index contributed by atoms with van der Waals surface area (Å²) in [5.41, 5.74) is 2.25. The first-order chi connectivity index (χ1) is 9.38. The van der Waals surface area contributed by atoms with Gasteiger partial charge in [0.1, 0.15) is 5.82 Å². The van der Waals surface area contributed by atoms with Crippen molar-refractivity contribution in [3.05, 3.63) is 42.7 Å². The second kappa shape index (κ2) is 5.55. The van der Waals surface area contributed by atoms with Gasteiger partial charge in [-0.1, -0.05) is 18.2 Å². The molecule has 1 saturated heterocycles. The maximum atomic E-state index is 5.39. The number of allylic oxidation sites excluding steroid dienone is 1. The third-order valence-corrected chi connectivity index (χ3v) is 3.51. The molecule has 100 valence electrons. The van der Waals surface area contributed by atoms with Crippen molar-refractivity contribution in [2.75, 3.05) is 26.3 Å². The number of morpholine rings is 1. The monoisotopic (exact) mass is 257 g/mol. The molecule has 19 heavy (non-hydrogen) atoms. The van der Waals surface area contributed by atoms with Gasteiger partial charge in [-0.25, -0.2) is 4.98 Å². The van der Waals surface area contributed by atoms with E-state index in [1.54, 1.807) is 0 Å². The van der Waals surface area contributed by atoms with Crippen molar-refractivity contribution in [3.63, 3.8) is 0 Å². The van der Waals surface area contributed by atoms with Crippen molar-refractivity contribution in [1.29, 1.82) is 0 Å². The Morgan fingerprint density at radius 1 is 1.26 bits per heavy atom. The summed E-state index contributed by atoms with van der Waals surface area (Å²) in [4.78, 5) is 7.15. The number of para-hydroxylation sites is 2. The van der Waals surface area contributed by atoms with E-state index in [-0.39, 0.29) is 0 Å². The molecule has 1 aromatic carbocycles. The fourth-order valence-electron chi connectivity index (χ4n) is 2.54. The van der Waals surface area contributed by atoms with E-state index in [0.29, 0.717) is 0 Å². The largest absolute Gasteiger partial charge is 0.379 e. The summed E-state index contributed by atoms with van der Waals surface area (Å²) < 4.78 is 7.64. The lowest BCUT2D eigenvalue weighted by Gasteiger charge is -2.26. The predicted molar refractivity (Wildman–Crippen MR) is 76.0 cm³/mol. The van der Waals surface area contributed by atoms with Gasteiger partial charge >= 0.3 is 0 Å². The van der Waals surface area contributed by atoms with Crippen LogP contribution in [0.5, 0.6) is 0 Å². The minimum absolute atomic E-state index is 0.806. The molecule has 0 radical (unpaired) electrons. The van der Waals surface area contributed by atoms with E-state index in [1.165, 1.54) is 5.52 Å². The van der Waals surface area contributed by atoms with Crippen LogP contribution < -0.4 is 0 Å². The predicted octanol–water partition coefficient (Wildman–Crippen LogP) is 2.05. The first-order valence-corrected chi connectivity index (χ1v) is 6.73. The molecule has 2 heterocycles. The molecule has 0 spiro atoms. The molecule has 0 bridgehead atoms. The minimum Gasteiger partial charge on any atom is -0.379 e. The van der Waals surface area contributed by atoms with Crippen molar-refractivity contribution in [2.45, 2.75) is 13.1 Å². The molecular formula is C15H19N3O. The second-order valence-corrected chi connectivity index (χ2v) is 4.80. The fraction of sp³-hybridized carbons (Fsp3) is 0.400. The maximum Gasteiger partial charge on any atom is 0.124 e. The van der Waals surface area contributed by atoms with Gasteiger partial charge < -0.3 is 9.30 Å². The average Bonchev–Trinajstić information content (AvgIpc) is 2.79. The van der Waals surface area contributed by atoms with Gasteiger partial charge in [0.15, 0.2) is 0 Å². The standard InChI is InChI=1S/C15H19N3O/c1-2-7-18-14-6-4-3-5-13(14)16-15(18)12-17-8-10-19-11-9-17/h2-6H,1,7-12H2. The molecule has 0 atom stereocenters. The van der Waals surface area contributed by atoms with E-state index in [1.807, 2.05) is 12.1 Å². The number of imidazole rings is 1. The number of hydrogen-bond acceptors (Lipinski definition) is 3. The van der Waals surface area contributed by atoms with E-state index in [2.05, 4.69) is 34.2 Å². The molecule has 2 aromatic rings. The Labute approximate surface area is 113 Å². The Morgan fingerprint density at radius 2 is 2.05 bits per heavy atom. The van der Waals surface area contributed by atoms with Gasteiger partial charge in [0, 0.05) is 19.6 Å². The number of benzene rings is 1. The molecular weight excluding hydrogens is 238 g/mol. The van der Waals surface area contributed by atoms with Crippen LogP contribution in [0.3, 0.4) is 0 Å². The highest BCUT2D eigenvalue weighted by Gasteiger charge is 2.15. The highest BCUT2D eigenvalue weighted by atomic mass is 16.5. The Bertz CT molecular complexity index is 570. The first-order valence-electron chi connectivity index (χ1n) is 6.73. The highest BCUT2D eigenvalue weighted by molar-refractivity contribution is 5.75. The zero-order valence-electron chi connectivity index (χ0n) is 11.1. The van der Waals surface area contributed by atoms with E-state index in [0.717, 1.165) is 50.7 Å². The van der Waals surface area contributed by atoms with Crippen LogP contribution >= 0.6 is 0 Å². The number of aromatic nitrogens is 2. The van der Waals surface area contributed by atoms with Crippen LogP contribution in [0.15, 0.2) is 36.9 Å². The zero-order chi connectivity index (χ0) is 13.1. The summed E-state index contributed by atoms with van der Waals surface area (Å²) in [6, 6.07) is 8.28. The van der Waals surface area contributed by atoms with Gasteiger partial charge in [-0.15, -0.1) is 6.58 Å². The van der Waals surface area contributed by atoms with Crippen LogP contribution in [0.25, 0.3) is 11.0 Å². The van der Waals surface area contributed by atoms with Crippen molar-refractivity contribution in [1.82, 2.24) is 14.5 Å². The van der Waals surface area contributed by atoms with E-state index in [4.69, 9.17) is 9.72 Å². The summed E-state index contributed by atoms with van der Waals surface area (Å²) in [6.45, 7) is 9.14. The normalized spacial score (nSPS) is 16.8. The lowest BCUT2D eigenvalue weighted by molar-refractivity contribution is 0.0327. The average molecular weight is 257 g/mol. The number of fused-ring (bicyclic) bond motifs is 1. The third kappa shape index (κ3) is 2.55. The summed E-state index contributed by atoms with van der Waals surface area (Å²) in [5, 5.41) is 0. The quantitative estimate of drug-likeness (QED) is 0.785. The Balaban J connectivity index is 1.92. The van der Waals surface area contributed by atoms with Crippen LogP contribution in [0.4, 0.5) is 0 Å². The van der Waals surface area contributed by atoms with Gasteiger partial charge in [-0.3, -0.25) is 4.90 Å². The smallest absolute Gasteiger partial charge is 0.124 e. The number of hydrogen-bond donors (Lipinski definition) is 0. The van der Waals surface area contributed by atoms with Gasteiger partial charge in [0.05, 0.1) is 30.8 Å². The van der Waals surface area contributed by atoms with Crippen LogP contribution in [0, 0.1) is 0 Å². The van der Waals surface area contributed by atoms with E-state index >= 15 is 0 Å². The fourth-order valence-corrected chi connectivity index (χ4v) is 2.54. The van der Waals surface area contributed by atoms with Gasteiger partial charge in [0.2, 0.25) is 0 Å². The van der Waals surface area contributed by atoms with E-state index in [9.17, 15) is 0 Å². The van der Waals surface area contributed by atoms with Gasteiger partial charge in [-0.2, -0.15) is 0 Å². The number of nitrogens with zero attached hydrogens (tertiary/aromatic N) is 3. The molecule has 3 rings (SSSR count). The minimum atomic E-state index is 0.806. The molecule has 0 N–H and O–H groups in total. The van der Waals surface area contributed by atoms with Gasteiger partial charge in [-0.05, 0) is 12.1 Å². The third-order valence-electron chi connectivity index (χ3n) is 3.51. The van der Waals surface area contributed by atoms with Crippen LogP contribution in [0.1, 0.15) is 5.82 Å². The Kier molecular flexibility index (Phi) is 3.62. The molecule has 0 saturated carbocycles.